The van der Waals surface area contributed by atoms with Crippen molar-refractivity contribution in [1.29, 1.82) is 0 Å². The second kappa shape index (κ2) is 11.2. The van der Waals surface area contributed by atoms with Crippen LogP contribution in [0, 0.1) is 5.82 Å². The van der Waals surface area contributed by atoms with Gasteiger partial charge in [0.15, 0.2) is 0 Å². The molecule has 172 valence electrons. The molecule has 0 fully saturated rings. The van der Waals surface area contributed by atoms with E-state index < -0.39 is 6.04 Å². The van der Waals surface area contributed by atoms with E-state index in [2.05, 4.69) is 10.3 Å². The van der Waals surface area contributed by atoms with Gasteiger partial charge in [0.25, 0.3) is 0 Å². The Bertz CT molecular complexity index is 1230. The first kappa shape index (κ1) is 23.1. The molecular weight excluding hydrogens is 429 g/mol. The number of ether oxygens (including phenoxy) is 1. The third kappa shape index (κ3) is 5.84. The zero-order valence-corrected chi connectivity index (χ0v) is 18.9. The van der Waals surface area contributed by atoms with Crippen LogP contribution < -0.4 is 5.32 Å². The van der Waals surface area contributed by atoms with Crippen LogP contribution in [0.15, 0.2) is 91.1 Å². The molecular formula is C28H26FN3O2. The fourth-order valence-electron chi connectivity index (χ4n) is 3.71. The van der Waals surface area contributed by atoms with Gasteiger partial charge in [-0.05, 0) is 30.2 Å². The third-order valence-corrected chi connectivity index (χ3v) is 5.37. The summed E-state index contributed by atoms with van der Waals surface area (Å²) in [5.74, 6) is -0.258. The summed E-state index contributed by atoms with van der Waals surface area (Å²) in [4.78, 5) is 22.1. The van der Waals surface area contributed by atoms with Crippen molar-refractivity contribution in [2.75, 3.05) is 11.9 Å². The predicted octanol–water partition coefficient (Wildman–Crippen LogP) is 5.46. The lowest BCUT2D eigenvalue weighted by Crippen LogP contribution is -2.34. The number of esters is 1. The first-order valence-corrected chi connectivity index (χ1v) is 11.3. The Morgan fingerprint density at radius 1 is 0.941 bits per heavy atom. The lowest BCUT2D eigenvalue weighted by atomic mass is 10.0. The highest BCUT2D eigenvalue weighted by Crippen LogP contribution is 2.24. The van der Waals surface area contributed by atoms with Crippen LogP contribution in [-0.4, -0.2) is 28.6 Å². The van der Waals surface area contributed by atoms with E-state index in [1.54, 1.807) is 25.1 Å². The van der Waals surface area contributed by atoms with Gasteiger partial charge in [0.1, 0.15) is 17.7 Å². The van der Waals surface area contributed by atoms with E-state index in [9.17, 15) is 9.18 Å². The van der Waals surface area contributed by atoms with Crippen molar-refractivity contribution in [3.05, 3.63) is 114 Å². The smallest absolute Gasteiger partial charge is 0.328 e. The summed E-state index contributed by atoms with van der Waals surface area (Å²) in [6.45, 7) is 2.06. The largest absolute Gasteiger partial charge is 0.464 e. The molecule has 4 aromatic rings. The van der Waals surface area contributed by atoms with Gasteiger partial charge in [0, 0.05) is 18.4 Å². The Hall–Kier alpha value is -4.06. The highest BCUT2D eigenvalue weighted by molar-refractivity contribution is 5.79. The molecule has 0 radical (unpaired) electrons. The van der Waals surface area contributed by atoms with Crippen LogP contribution in [0.5, 0.6) is 0 Å². The van der Waals surface area contributed by atoms with Gasteiger partial charge < -0.3 is 10.1 Å². The van der Waals surface area contributed by atoms with E-state index in [0.717, 1.165) is 11.1 Å². The minimum absolute atomic E-state index is 0.278. The fraction of sp³-hybridized carbons (Fsp3) is 0.179. The summed E-state index contributed by atoms with van der Waals surface area (Å²) < 4.78 is 19.7. The third-order valence-electron chi connectivity index (χ3n) is 5.37. The molecule has 1 aromatic heterocycles. The number of nitrogens with one attached hydrogen (secondary N) is 1. The van der Waals surface area contributed by atoms with E-state index in [1.807, 2.05) is 60.7 Å². The molecule has 0 bridgehead atoms. The second-order valence-electron chi connectivity index (χ2n) is 7.83. The second-order valence-corrected chi connectivity index (χ2v) is 7.83. The summed E-state index contributed by atoms with van der Waals surface area (Å²) in [6.07, 6.45) is 2.43. The Labute approximate surface area is 198 Å². The number of hydrogen-bond donors (Lipinski definition) is 1. The molecule has 0 aliphatic heterocycles. The Balaban J connectivity index is 1.70. The topological polar surface area (TPSA) is 64.1 Å². The Kier molecular flexibility index (Phi) is 7.60. The number of rotatable bonds is 9. The number of carbonyl (C=O) groups excluding carboxylic acids is 1. The van der Waals surface area contributed by atoms with Gasteiger partial charge in [-0.15, -0.1) is 0 Å². The molecule has 1 atom stereocenters. The molecule has 1 N–H and O–H groups in total. The molecule has 34 heavy (non-hydrogen) atoms. The zero-order valence-electron chi connectivity index (χ0n) is 18.9. The van der Waals surface area contributed by atoms with Gasteiger partial charge in [0.2, 0.25) is 0 Å². The van der Waals surface area contributed by atoms with Crippen LogP contribution >= 0.6 is 0 Å². The van der Waals surface area contributed by atoms with Crippen LogP contribution in [0.1, 0.15) is 23.7 Å². The molecule has 0 spiro atoms. The summed E-state index contributed by atoms with van der Waals surface area (Å²) in [6, 6.07) is 25.4. The highest BCUT2D eigenvalue weighted by atomic mass is 19.1. The van der Waals surface area contributed by atoms with Crippen LogP contribution in [0.3, 0.4) is 0 Å². The molecule has 0 amide bonds. The number of benzene rings is 3. The normalized spacial score (nSPS) is 11.6. The van der Waals surface area contributed by atoms with Gasteiger partial charge in [-0.3, -0.25) is 0 Å². The van der Waals surface area contributed by atoms with Crippen molar-refractivity contribution in [2.45, 2.75) is 25.8 Å². The van der Waals surface area contributed by atoms with Gasteiger partial charge in [0.05, 0.1) is 24.2 Å². The highest BCUT2D eigenvalue weighted by Gasteiger charge is 2.23. The fourth-order valence-corrected chi connectivity index (χ4v) is 3.71. The molecule has 0 saturated heterocycles. The number of halogens is 1. The van der Waals surface area contributed by atoms with E-state index in [4.69, 9.17) is 9.72 Å². The number of hydrogen-bond acceptors (Lipinski definition) is 5. The lowest BCUT2D eigenvalue weighted by molar-refractivity contribution is -0.144. The molecule has 4 rings (SSSR count). The zero-order chi connectivity index (χ0) is 23.8. The van der Waals surface area contributed by atoms with Gasteiger partial charge in [-0.1, -0.05) is 72.8 Å². The van der Waals surface area contributed by atoms with Crippen LogP contribution in [0.2, 0.25) is 0 Å². The SMILES string of the molecule is CCOC(=O)[C@H](Cc1ccccc1)Nc1ncc(-c2ccccc2F)nc1Cc1ccccc1. The molecule has 0 aliphatic carbocycles. The standard InChI is InChI=1S/C28H26FN3O2/c1-2-34-28(33)25(18-21-13-7-4-8-14-21)32-27-24(17-20-11-5-3-6-12-20)31-26(19-30-27)22-15-9-10-16-23(22)29/h3-16,19,25H,2,17-18H2,1H3,(H,30,32)/t25-/m0/s1. The van der Waals surface area contributed by atoms with Crippen molar-refractivity contribution in [3.8, 4) is 11.3 Å². The molecule has 3 aromatic carbocycles. The van der Waals surface area contributed by atoms with Crippen LogP contribution in [0.4, 0.5) is 10.2 Å². The minimum atomic E-state index is -0.648. The van der Waals surface area contributed by atoms with Crippen molar-refractivity contribution in [1.82, 2.24) is 9.97 Å². The summed E-state index contributed by atoms with van der Waals surface area (Å²) in [7, 11) is 0. The maximum atomic E-state index is 14.4. The van der Waals surface area contributed by atoms with Crippen LogP contribution in [0.25, 0.3) is 11.3 Å². The predicted molar refractivity (Wildman–Crippen MR) is 131 cm³/mol. The van der Waals surface area contributed by atoms with Crippen molar-refractivity contribution in [2.24, 2.45) is 0 Å². The summed E-state index contributed by atoms with van der Waals surface area (Å²) in [5.41, 5.74) is 3.46. The molecule has 6 heteroatoms. The average molecular weight is 456 g/mol. The van der Waals surface area contributed by atoms with Gasteiger partial charge in [-0.25, -0.2) is 19.2 Å². The summed E-state index contributed by atoms with van der Waals surface area (Å²) >= 11 is 0. The van der Waals surface area contributed by atoms with Crippen LogP contribution in [-0.2, 0) is 22.4 Å². The van der Waals surface area contributed by atoms with Crippen molar-refractivity contribution < 1.29 is 13.9 Å². The average Bonchev–Trinajstić information content (AvgIpc) is 2.86. The maximum Gasteiger partial charge on any atom is 0.328 e. The summed E-state index contributed by atoms with van der Waals surface area (Å²) in [5, 5.41) is 3.25. The molecule has 0 aliphatic rings. The number of anilines is 1. The Morgan fingerprint density at radius 3 is 2.26 bits per heavy atom. The monoisotopic (exact) mass is 455 g/mol. The number of carbonyl (C=O) groups is 1. The minimum Gasteiger partial charge on any atom is -0.464 e. The van der Waals surface area contributed by atoms with E-state index in [1.165, 1.54) is 12.3 Å². The lowest BCUT2D eigenvalue weighted by Gasteiger charge is -2.20. The molecule has 1 heterocycles. The van der Waals surface area contributed by atoms with E-state index in [0.29, 0.717) is 35.6 Å². The van der Waals surface area contributed by atoms with Crippen molar-refractivity contribution in [3.63, 3.8) is 0 Å². The molecule has 0 unspecified atom stereocenters. The number of nitrogens with zero attached hydrogens (tertiary/aromatic N) is 2. The first-order valence-electron chi connectivity index (χ1n) is 11.3. The number of aromatic nitrogens is 2. The Morgan fingerprint density at radius 2 is 1.59 bits per heavy atom. The van der Waals surface area contributed by atoms with Gasteiger partial charge in [-0.2, -0.15) is 0 Å². The first-order chi connectivity index (χ1) is 16.6. The van der Waals surface area contributed by atoms with Crippen molar-refractivity contribution >= 4 is 11.8 Å². The molecule has 0 saturated carbocycles. The van der Waals surface area contributed by atoms with Gasteiger partial charge >= 0.3 is 5.97 Å². The quantitative estimate of drug-likeness (QED) is 0.340. The molecule has 5 nitrogen and oxygen atoms in total. The van der Waals surface area contributed by atoms with E-state index >= 15 is 0 Å². The maximum absolute atomic E-state index is 14.4. The van der Waals surface area contributed by atoms with E-state index in [-0.39, 0.29) is 18.4 Å².